The van der Waals surface area contributed by atoms with Gasteiger partial charge < -0.3 is 9.73 Å². The van der Waals surface area contributed by atoms with Gasteiger partial charge in [0, 0.05) is 53.8 Å². The number of amides is 1. The van der Waals surface area contributed by atoms with Crippen molar-refractivity contribution in [3.63, 3.8) is 0 Å². The number of piperidine rings is 1. The van der Waals surface area contributed by atoms with Gasteiger partial charge in [-0.05, 0) is 62.1 Å². The summed E-state index contributed by atoms with van der Waals surface area (Å²) >= 11 is 0. The standard InChI is InChI=1S/C26H25N3O5S/c1-16-12-19-4-3-5-23(25(19)27-15-16)35(32,33)29-10-8-18(9-11-29)26(31)28-20-6-7-21-17(2)13-24(30)34-22(21)14-20/h3-7,12-15,18H,8-11H2,1-2H3,(H,28,31). The number of rotatable bonds is 4. The molecule has 1 N–H and O–H groups in total. The molecule has 0 unspecified atom stereocenters. The Morgan fingerprint density at radius 3 is 2.63 bits per heavy atom. The van der Waals surface area contributed by atoms with Crippen LogP contribution >= 0.6 is 0 Å². The maximum Gasteiger partial charge on any atom is 0.336 e. The third-order valence-corrected chi connectivity index (χ3v) is 8.40. The van der Waals surface area contributed by atoms with E-state index in [1.165, 1.54) is 10.4 Å². The van der Waals surface area contributed by atoms with Crippen LogP contribution in [0.3, 0.4) is 0 Å². The van der Waals surface area contributed by atoms with Crippen LogP contribution in [0, 0.1) is 19.8 Å². The normalized spacial score (nSPS) is 15.5. The van der Waals surface area contributed by atoms with Gasteiger partial charge in [-0.1, -0.05) is 12.1 Å². The first-order chi connectivity index (χ1) is 16.7. The van der Waals surface area contributed by atoms with Crippen molar-refractivity contribution in [1.29, 1.82) is 0 Å². The van der Waals surface area contributed by atoms with E-state index in [-0.39, 0.29) is 29.8 Å². The lowest BCUT2D eigenvalue weighted by Gasteiger charge is -2.30. The highest BCUT2D eigenvalue weighted by Crippen LogP contribution is 2.29. The minimum Gasteiger partial charge on any atom is -0.423 e. The highest BCUT2D eigenvalue weighted by molar-refractivity contribution is 7.89. The zero-order chi connectivity index (χ0) is 24.7. The Morgan fingerprint density at radius 1 is 1.09 bits per heavy atom. The molecule has 3 heterocycles. The average molecular weight is 492 g/mol. The molecule has 0 radical (unpaired) electrons. The zero-order valence-corrected chi connectivity index (χ0v) is 20.3. The van der Waals surface area contributed by atoms with Crippen molar-refractivity contribution in [3.8, 4) is 0 Å². The number of hydrogen-bond acceptors (Lipinski definition) is 6. The second-order valence-electron chi connectivity index (χ2n) is 8.97. The third kappa shape index (κ3) is 4.44. The Kier molecular flexibility index (Phi) is 5.90. The predicted molar refractivity (Wildman–Crippen MR) is 134 cm³/mol. The summed E-state index contributed by atoms with van der Waals surface area (Å²) in [4.78, 5) is 29.1. The number of aryl methyl sites for hydroxylation is 2. The lowest BCUT2D eigenvalue weighted by atomic mass is 9.97. The molecule has 8 nitrogen and oxygen atoms in total. The highest BCUT2D eigenvalue weighted by atomic mass is 32.2. The number of para-hydroxylation sites is 1. The number of hydrogen-bond donors (Lipinski definition) is 1. The van der Waals surface area contributed by atoms with Crippen LogP contribution in [0.1, 0.15) is 24.0 Å². The molecule has 0 saturated carbocycles. The Balaban J connectivity index is 1.29. The fourth-order valence-electron chi connectivity index (χ4n) is 4.60. The summed E-state index contributed by atoms with van der Waals surface area (Å²) in [6.45, 7) is 4.23. The maximum absolute atomic E-state index is 13.4. The number of carbonyl (C=O) groups excluding carboxylic acids is 1. The van der Waals surface area contributed by atoms with E-state index >= 15 is 0 Å². The second kappa shape index (κ2) is 8.90. The molecule has 0 aliphatic carbocycles. The van der Waals surface area contributed by atoms with Crippen LogP contribution in [0.2, 0.25) is 0 Å². The number of carbonyl (C=O) groups is 1. The summed E-state index contributed by atoms with van der Waals surface area (Å²) in [6.07, 6.45) is 2.48. The van der Waals surface area contributed by atoms with Gasteiger partial charge in [0.05, 0.1) is 5.52 Å². The molecule has 1 saturated heterocycles. The maximum atomic E-state index is 13.4. The van der Waals surface area contributed by atoms with E-state index in [0.29, 0.717) is 29.6 Å². The summed E-state index contributed by atoms with van der Waals surface area (Å²) in [5.74, 6) is -0.506. The molecule has 0 atom stereocenters. The second-order valence-corrected chi connectivity index (χ2v) is 10.9. The van der Waals surface area contributed by atoms with Gasteiger partial charge in [-0.2, -0.15) is 4.31 Å². The first kappa shape index (κ1) is 23.2. The van der Waals surface area contributed by atoms with Crippen molar-refractivity contribution in [3.05, 3.63) is 76.3 Å². The van der Waals surface area contributed by atoms with E-state index in [2.05, 4.69) is 10.3 Å². The van der Waals surface area contributed by atoms with Gasteiger partial charge in [-0.25, -0.2) is 13.2 Å². The molecule has 1 fully saturated rings. The van der Waals surface area contributed by atoms with Crippen molar-refractivity contribution in [1.82, 2.24) is 9.29 Å². The summed E-state index contributed by atoms with van der Waals surface area (Å²) in [6, 6.07) is 13.7. The van der Waals surface area contributed by atoms with Gasteiger partial charge >= 0.3 is 5.63 Å². The Morgan fingerprint density at radius 2 is 1.86 bits per heavy atom. The molecule has 2 aromatic heterocycles. The molecule has 0 spiro atoms. The Hall–Kier alpha value is -3.56. The van der Waals surface area contributed by atoms with Crippen LogP contribution in [0.5, 0.6) is 0 Å². The summed E-state index contributed by atoms with van der Waals surface area (Å²) in [5.41, 5.74) is 2.72. The number of anilines is 1. The van der Waals surface area contributed by atoms with E-state index in [0.717, 1.165) is 21.9 Å². The topological polar surface area (TPSA) is 110 Å². The molecule has 9 heteroatoms. The number of pyridine rings is 1. The Bertz CT molecular complexity index is 1620. The van der Waals surface area contributed by atoms with Crippen molar-refractivity contribution < 1.29 is 17.6 Å². The van der Waals surface area contributed by atoms with Crippen LogP contribution in [-0.4, -0.2) is 36.7 Å². The number of aromatic nitrogens is 1. The molecule has 180 valence electrons. The van der Waals surface area contributed by atoms with Crippen LogP contribution in [0.4, 0.5) is 5.69 Å². The zero-order valence-electron chi connectivity index (χ0n) is 19.4. The van der Waals surface area contributed by atoms with Crippen molar-refractivity contribution >= 4 is 43.5 Å². The smallest absolute Gasteiger partial charge is 0.336 e. The molecule has 1 aliphatic heterocycles. The van der Waals surface area contributed by atoms with Gasteiger partial charge in [0.2, 0.25) is 15.9 Å². The molecular formula is C26H25N3O5S. The number of sulfonamides is 1. The van der Waals surface area contributed by atoms with E-state index in [4.69, 9.17) is 4.42 Å². The highest BCUT2D eigenvalue weighted by Gasteiger charge is 2.33. The monoisotopic (exact) mass is 491 g/mol. The van der Waals surface area contributed by atoms with Gasteiger partial charge in [0.1, 0.15) is 10.5 Å². The number of nitrogens with one attached hydrogen (secondary N) is 1. The molecule has 5 rings (SSSR count). The van der Waals surface area contributed by atoms with Crippen LogP contribution < -0.4 is 10.9 Å². The quantitative estimate of drug-likeness (QED) is 0.432. The van der Waals surface area contributed by atoms with E-state index in [1.54, 1.807) is 36.5 Å². The molecule has 1 amide bonds. The van der Waals surface area contributed by atoms with Gasteiger partial charge in [0.25, 0.3) is 0 Å². The predicted octanol–water partition coefficient (Wildman–Crippen LogP) is 4.00. The van der Waals surface area contributed by atoms with Gasteiger partial charge in [-0.15, -0.1) is 0 Å². The SMILES string of the molecule is Cc1cnc2c(S(=O)(=O)N3CCC(C(=O)Nc4ccc5c(C)cc(=O)oc5c4)CC3)cccc2c1. The lowest BCUT2D eigenvalue weighted by molar-refractivity contribution is -0.120. The molecule has 4 aromatic rings. The fourth-order valence-corrected chi connectivity index (χ4v) is 6.23. The summed E-state index contributed by atoms with van der Waals surface area (Å²) < 4.78 is 33.5. The van der Waals surface area contributed by atoms with Crippen LogP contribution in [-0.2, 0) is 14.8 Å². The molecule has 35 heavy (non-hydrogen) atoms. The van der Waals surface area contributed by atoms with E-state index in [9.17, 15) is 18.0 Å². The molecule has 1 aliphatic rings. The lowest BCUT2D eigenvalue weighted by Crippen LogP contribution is -2.41. The van der Waals surface area contributed by atoms with Crippen molar-refractivity contribution in [2.75, 3.05) is 18.4 Å². The minimum atomic E-state index is -3.74. The Labute approximate surface area is 202 Å². The number of fused-ring (bicyclic) bond motifs is 2. The largest absolute Gasteiger partial charge is 0.423 e. The number of nitrogens with zero attached hydrogens (tertiary/aromatic N) is 2. The average Bonchev–Trinajstić information content (AvgIpc) is 2.83. The van der Waals surface area contributed by atoms with E-state index < -0.39 is 15.6 Å². The third-order valence-electron chi connectivity index (χ3n) is 6.47. The van der Waals surface area contributed by atoms with Crippen molar-refractivity contribution in [2.45, 2.75) is 31.6 Å². The minimum absolute atomic E-state index is 0.182. The van der Waals surface area contributed by atoms with Crippen LogP contribution in [0.15, 0.2) is 68.8 Å². The molecule has 2 aromatic carbocycles. The molecule has 0 bridgehead atoms. The first-order valence-corrected chi connectivity index (χ1v) is 12.9. The number of benzene rings is 2. The summed E-state index contributed by atoms with van der Waals surface area (Å²) in [7, 11) is -3.74. The van der Waals surface area contributed by atoms with E-state index in [1.807, 2.05) is 26.0 Å². The summed E-state index contributed by atoms with van der Waals surface area (Å²) in [5, 5.41) is 4.46. The van der Waals surface area contributed by atoms with Crippen molar-refractivity contribution in [2.24, 2.45) is 5.92 Å². The van der Waals surface area contributed by atoms with Gasteiger partial charge in [-0.3, -0.25) is 9.78 Å². The van der Waals surface area contributed by atoms with Gasteiger partial charge in [0.15, 0.2) is 0 Å². The molecular weight excluding hydrogens is 466 g/mol. The first-order valence-electron chi connectivity index (χ1n) is 11.4. The fraction of sp³-hybridized carbons (Fsp3) is 0.269. The van der Waals surface area contributed by atoms with Crippen LogP contribution in [0.25, 0.3) is 21.9 Å².